The largest absolute Gasteiger partial charge is 0.423 e. The number of rotatable bonds is 9. The first-order valence-corrected chi connectivity index (χ1v) is 13.7. The maximum Gasteiger partial charge on any atom is 0.343 e. The van der Waals surface area contributed by atoms with E-state index in [2.05, 4.69) is 9.80 Å². The first-order valence-electron chi connectivity index (χ1n) is 13.7. The summed E-state index contributed by atoms with van der Waals surface area (Å²) < 4.78 is 11.0. The maximum absolute atomic E-state index is 12.7. The van der Waals surface area contributed by atoms with E-state index in [4.69, 9.17) is 9.47 Å². The van der Waals surface area contributed by atoms with Crippen molar-refractivity contribution in [3.8, 4) is 5.75 Å². The molecule has 0 amide bonds. The first-order chi connectivity index (χ1) is 19.0. The van der Waals surface area contributed by atoms with Gasteiger partial charge in [0.15, 0.2) is 0 Å². The third-order valence-corrected chi connectivity index (χ3v) is 7.84. The minimum absolute atomic E-state index is 0.269. The predicted octanol–water partition coefficient (Wildman–Crippen LogP) is 3.83. The van der Waals surface area contributed by atoms with Gasteiger partial charge in [-0.3, -0.25) is 9.80 Å². The zero-order valence-corrected chi connectivity index (χ0v) is 22.2. The van der Waals surface area contributed by atoms with Crippen molar-refractivity contribution < 1.29 is 24.2 Å². The minimum atomic E-state index is -0.847. The second-order valence-corrected chi connectivity index (χ2v) is 10.5. The van der Waals surface area contributed by atoms with E-state index in [1.807, 2.05) is 54.6 Å². The Labute approximate surface area is 230 Å². The molecule has 5 rings (SSSR count). The Morgan fingerprint density at radius 1 is 0.897 bits per heavy atom. The molecule has 1 atom stereocenters. The number of benzene rings is 3. The lowest BCUT2D eigenvalue weighted by Gasteiger charge is -2.40. The number of likely N-dealkylation sites (tertiary alicyclic amines) is 1. The van der Waals surface area contributed by atoms with Gasteiger partial charge in [-0.2, -0.15) is 0 Å². The van der Waals surface area contributed by atoms with Gasteiger partial charge in [-0.25, -0.2) is 4.79 Å². The molecule has 2 aliphatic heterocycles. The van der Waals surface area contributed by atoms with Crippen LogP contribution in [0.4, 0.5) is 0 Å². The van der Waals surface area contributed by atoms with Crippen LogP contribution in [0.3, 0.4) is 0 Å². The number of morpholine rings is 1. The van der Waals surface area contributed by atoms with Crippen molar-refractivity contribution >= 4 is 12.3 Å². The average Bonchev–Trinajstić information content (AvgIpc) is 2.99. The van der Waals surface area contributed by atoms with E-state index in [0.717, 1.165) is 55.8 Å². The molecule has 2 fully saturated rings. The molecule has 39 heavy (non-hydrogen) atoms. The number of carbonyl (C=O) groups excluding carboxylic acids is 2. The van der Waals surface area contributed by atoms with Crippen molar-refractivity contribution in [3.63, 3.8) is 0 Å². The van der Waals surface area contributed by atoms with Crippen LogP contribution in [0, 0.1) is 0 Å². The Morgan fingerprint density at radius 2 is 1.54 bits per heavy atom. The smallest absolute Gasteiger partial charge is 0.343 e. The molecule has 204 valence electrons. The number of ether oxygens (including phenoxy) is 2. The van der Waals surface area contributed by atoms with Gasteiger partial charge in [-0.1, -0.05) is 54.6 Å². The highest BCUT2D eigenvalue weighted by atomic mass is 16.5. The van der Waals surface area contributed by atoms with Gasteiger partial charge in [0.2, 0.25) is 0 Å². The molecule has 7 nitrogen and oxygen atoms in total. The van der Waals surface area contributed by atoms with Crippen LogP contribution in [0.5, 0.6) is 5.75 Å². The average molecular weight is 529 g/mol. The third-order valence-electron chi connectivity index (χ3n) is 7.84. The summed E-state index contributed by atoms with van der Waals surface area (Å²) in [6.07, 6.45) is 2.73. The van der Waals surface area contributed by atoms with E-state index >= 15 is 0 Å². The van der Waals surface area contributed by atoms with Crippen molar-refractivity contribution in [2.24, 2.45) is 0 Å². The molecule has 0 aromatic heterocycles. The number of piperidine rings is 1. The standard InChI is InChI=1S/C32H36N2O5/c35-24-29(34-16-14-32(37,15-17-34)28-4-2-1-3-5-28)22-25-8-12-30(13-9-25)39-31(36)27-10-6-26(7-11-27)23-33-18-20-38-21-19-33/h1-13,24,29,37H,14-23H2. The molecule has 0 radical (unpaired) electrons. The van der Waals surface area contributed by atoms with Gasteiger partial charge in [0, 0.05) is 32.7 Å². The molecule has 7 heteroatoms. The van der Waals surface area contributed by atoms with E-state index in [0.29, 0.717) is 43.7 Å². The van der Waals surface area contributed by atoms with E-state index < -0.39 is 11.6 Å². The fourth-order valence-corrected chi connectivity index (χ4v) is 5.39. The minimum Gasteiger partial charge on any atom is -0.423 e. The van der Waals surface area contributed by atoms with E-state index in [1.54, 1.807) is 24.3 Å². The van der Waals surface area contributed by atoms with Gasteiger partial charge in [-0.05, 0) is 60.2 Å². The van der Waals surface area contributed by atoms with Crippen molar-refractivity contribution in [3.05, 3.63) is 101 Å². The molecule has 2 saturated heterocycles. The maximum atomic E-state index is 12.7. The van der Waals surface area contributed by atoms with Crippen LogP contribution in [-0.2, 0) is 28.1 Å². The van der Waals surface area contributed by atoms with Gasteiger partial charge < -0.3 is 19.4 Å². The van der Waals surface area contributed by atoms with Gasteiger partial charge >= 0.3 is 5.97 Å². The summed E-state index contributed by atoms with van der Waals surface area (Å²) in [5.74, 6) is 0.0698. The van der Waals surface area contributed by atoms with Crippen molar-refractivity contribution in [2.45, 2.75) is 37.5 Å². The Morgan fingerprint density at radius 3 is 2.18 bits per heavy atom. The lowest BCUT2D eigenvalue weighted by atomic mass is 9.84. The zero-order valence-electron chi connectivity index (χ0n) is 22.2. The second kappa shape index (κ2) is 12.7. The number of hydrogen-bond donors (Lipinski definition) is 1. The highest BCUT2D eigenvalue weighted by molar-refractivity contribution is 5.91. The van der Waals surface area contributed by atoms with Crippen LogP contribution >= 0.6 is 0 Å². The number of hydrogen-bond acceptors (Lipinski definition) is 7. The molecule has 0 bridgehead atoms. The van der Waals surface area contributed by atoms with Gasteiger partial charge in [-0.15, -0.1) is 0 Å². The highest BCUT2D eigenvalue weighted by Crippen LogP contribution is 2.33. The predicted molar refractivity (Wildman–Crippen MR) is 149 cm³/mol. The van der Waals surface area contributed by atoms with Crippen LogP contribution in [0.15, 0.2) is 78.9 Å². The Bertz CT molecular complexity index is 1220. The second-order valence-electron chi connectivity index (χ2n) is 10.5. The normalized spacial score (nSPS) is 18.8. The van der Waals surface area contributed by atoms with Crippen molar-refractivity contribution in [2.75, 3.05) is 39.4 Å². The summed E-state index contributed by atoms with van der Waals surface area (Å²) in [6, 6.07) is 24.4. The highest BCUT2D eigenvalue weighted by Gasteiger charge is 2.35. The Kier molecular flexibility index (Phi) is 8.84. The van der Waals surface area contributed by atoms with Gasteiger partial charge in [0.05, 0.1) is 30.4 Å². The molecule has 1 N–H and O–H groups in total. The zero-order chi connectivity index (χ0) is 27.1. The summed E-state index contributed by atoms with van der Waals surface area (Å²) in [5, 5.41) is 11.1. The molecule has 0 saturated carbocycles. The molecule has 2 aliphatic rings. The van der Waals surface area contributed by atoms with Crippen LogP contribution in [0.2, 0.25) is 0 Å². The monoisotopic (exact) mass is 528 g/mol. The fraction of sp³-hybridized carbons (Fsp3) is 0.375. The third kappa shape index (κ3) is 6.99. The summed E-state index contributed by atoms with van der Waals surface area (Å²) in [5.41, 5.74) is 2.73. The van der Waals surface area contributed by atoms with Gasteiger partial charge in [0.25, 0.3) is 0 Å². The summed E-state index contributed by atoms with van der Waals surface area (Å²) in [6.45, 7) is 5.50. The van der Waals surface area contributed by atoms with E-state index in [-0.39, 0.29) is 6.04 Å². The Hall–Kier alpha value is -3.36. The number of aldehydes is 1. The SMILES string of the molecule is O=CC(Cc1ccc(OC(=O)c2ccc(CN3CCOCC3)cc2)cc1)N1CCC(O)(c2ccccc2)CC1. The number of nitrogens with zero attached hydrogens (tertiary/aromatic N) is 2. The topological polar surface area (TPSA) is 79.3 Å². The van der Waals surface area contributed by atoms with Crippen LogP contribution in [0.1, 0.15) is 39.9 Å². The number of aliphatic hydroxyl groups is 1. The van der Waals surface area contributed by atoms with Crippen LogP contribution in [-0.4, -0.2) is 72.6 Å². The quantitative estimate of drug-likeness (QED) is 0.257. The molecule has 1 unspecified atom stereocenters. The molecule has 3 aromatic carbocycles. The summed E-state index contributed by atoms with van der Waals surface area (Å²) in [4.78, 5) is 29.1. The van der Waals surface area contributed by atoms with Crippen LogP contribution < -0.4 is 4.74 Å². The first kappa shape index (κ1) is 27.2. The molecule has 3 aromatic rings. The molecule has 2 heterocycles. The number of esters is 1. The molecule has 0 spiro atoms. The summed E-state index contributed by atoms with van der Waals surface area (Å²) >= 11 is 0. The lowest BCUT2D eigenvalue weighted by Crippen LogP contribution is -2.48. The Balaban J connectivity index is 1.12. The van der Waals surface area contributed by atoms with Crippen molar-refractivity contribution in [1.82, 2.24) is 9.80 Å². The van der Waals surface area contributed by atoms with Crippen LogP contribution in [0.25, 0.3) is 0 Å². The fourth-order valence-electron chi connectivity index (χ4n) is 5.39. The van der Waals surface area contributed by atoms with E-state index in [1.165, 1.54) is 0 Å². The molecular formula is C32H36N2O5. The lowest BCUT2D eigenvalue weighted by molar-refractivity contribution is -0.114. The van der Waals surface area contributed by atoms with Gasteiger partial charge in [0.1, 0.15) is 12.0 Å². The van der Waals surface area contributed by atoms with Crippen molar-refractivity contribution in [1.29, 1.82) is 0 Å². The summed E-state index contributed by atoms with van der Waals surface area (Å²) in [7, 11) is 0. The molecule has 0 aliphatic carbocycles. The van der Waals surface area contributed by atoms with E-state index in [9.17, 15) is 14.7 Å². The molecular weight excluding hydrogens is 492 g/mol. The number of carbonyl (C=O) groups is 2.